The molecule has 2 heterocycles. The number of carbonyl (C=O) groups excluding carboxylic acids is 1. The van der Waals surface area contributed by atoms with Crippen LogP contribution in [0, 0.1) is 13.8 Å². The molecule has 0 aliphatic heterocycles. The number of pyridine rings is 2. The average Bonchev–Trinajstić information content (AvgIpc) is 3.65. The number of nitrogens with zero attached hydrogens (tertiary/aromatic N) is 2. The van der Waals surface area contributed by atoms with Gasteiger partial charge >= 0.3 is 0 Å². The Labute approximate surface area is 203 Å². The zero-order chi connectivity index (χ0) is 24.0. The number of fused-ring (bicyclic) bond motifs is 1. The van der Waals surface area contributed by atoms with Crippen LogP contribution >= 0.6 is 11.6 Å². The minimum atomic E-state index is -3.70. The molecule has 1 N–H and O–H groups in total. The van der Waals surface area contributed by atoms with Crippen LogP contribution in [0.1, 0.15) is 34.5 Å². The lowest BCUT2D eigenvalue weighted by Crippen LogP contribution is -2.33. The smallest absolute Gasteiger partial charge is 0.266 e. The van der Waals surface area contributed by atoms with E-state index in [4.69, 9.17) is 11.6 Å². The van der Waals surface area contributed by atoms with Crippen molar-refractivity contribution in [3.63, 3.8) is 0 Å². The number of hydrogen-bond donors (Lipinski definition) is 1. The van der Waals surface area contributed by atoms with Gasteiger partial charge in [-0.05, 0) is 84.8 Å². The van der Waals surface area contributed by atoms with Crippen molar-refractivity contribution in [1.82, 2.24) is 14.7 Å². The van der Waals surface area contributed by atoms with Crippen LogP contribution in [0.2, 0.25) is 5.02 Å². The molecular weight excluding hydrogens is 470 g/mol. The van der Waals surface area contributed by atoms with Crippen molar-refractivity contribution in [2.75, 3.05) is 0 Å². The van der Waals surface area contributed by atoms with Crippen LogP contribution in [0.4, 0.5) is 0 Å². The number of aryl methyl sites for hydroxylation is 2. The number of sulfonamides is 1. The first-order valence-electron chi connectivity index (χ1n) is 10.9. The van der Waals surface area contributed by atoms with Gasteiger partial charge < -0.3 is 0 Å². The summed E-state index contributed by atoms with van der Waals surface area (Å²) in [6.45, 7) is 4.01. The summed E-state index contributed by atoms with van der Waals surface area (Å²) in [6, 6.07) is 14.8. The van der Waals surface area contributed by atoms with E-state index in [0.717, 1.165) is 38.8 Å². The maximum Gasteiger partial charge on any atom is 0.283 e. The van der Waals surface area contributed by atoms with E-state index in [1.54, 1.807) is 24.5 Å². The van der Waals surface area contributed by atoms with Crippen LogP contribution < -0.4 is 4.72 Å². The van der Waals surface area contributed by atoms with E-state index in [1.165, 1.54) is 0 Å². The highest BCUT2D eigenvalue weighted by molar-refractivity contribution is 7.91. The topological polar surface area (TPSA) is 89.0 Å². The molecular formula is C26H22ClN3O3S. The van der Waals surface area contributed by atoms with Crippen molar-refractivity contribution in [1.29, 1.82) is 0 Å². The number of benzene rings is 2. The van der Waals surface area contributed by atoms with Gasteiger partial charge in [0.05, 0.1) is 10.8 Å². The summed E-state index contributed by atoms with van der Waals surface area (Å²) in [4.78, 5) is 21.7. The molecule has 0 saturated heterocycles. The van der Waals surface area contributed by atoms with Crippen LogP contribution in [0.3, 0.4) is 0 Å². The van der Waals surface area contributed by atoms with Crippen LogP contribution in [-0.2, 0) is 10.0 Å². The second-order valence-corrected chi connectivity index (χ2v) is 10.9. The fourth-order valence-electron chi connectivity index (χ4n) is 4.38. The lowest BCUT2D eigenvalue weighted by molar-refractivity contribution is 0.0977. The van der Waals surface area contributed by atoms with Crippen molar-refractivity contribution in [3.05, 3.63) is 82.8 Å². The van der Waals surface area contributed by atoms with Gasteiger partial charge in [-0.2, -0.15) is 0 Å². The summed E-state index contributed by atoms with van der Waals surface area (Å²) in [5, 5.41) is 0.872. The first kappa shape index (κ1) is 22.5. The zero-order valence-electron chi connectivity index (χ0n) is 18.7. The van der Waals surface area contributed by atoms with Crippen molar-refractivity contribution in [2.45, 2.75) is 31.9 Å². The van der Waals surface area contributed by atoms with Crippen molar-refractivity contribution in [2.24, 2.45) is 0 Å². The molecule has 4 aromatic rings. The van der Waals surface area contributed by atoms with E-state index in [0.29, 0.717) is 23.4 Å². The van der Waals surface area contributed by atoms with Crippen LogP contribution in [0.15, 0.2) is 60.9 Å². The Hall–Kier alpha value is -3.29. The maximum absolute atomic E-state index is 13.0. The fourth-order valence-corrected chi connectivity index (χ4v) is 5.90. The SMILES string of the molecule is Cc1cc2nc(C(=O)NS(=O)(=O)C3CC3)cc(-c3ccccc3Cl)c2c(C)c1-c1ccncc1. The molecule has 6 nitrogen and oxygen atoms in total. The summed E-state index contributed by atoms with van der Waals surface area (Å²) >= 11 is 6.56. The molecule has 0 radical (unpaired) electrons. The molecule has 1 saturated carbocycles. The Morgan fingerprint density at radius 2 is 1.74 bits per heavy atom. The Kier molecular flexibility index (Phi) is 5.62. The molecule has 2 aromatic carbocycles. The van der Waals surface area contributed by atoms with Gasteiger partial charge in [0.25, 0.3) is 5.91 Å². The molecule has 2 aromatic heterocycles. The summed E-state index contributed by atoms with van der Waals surface area (Å²) in [5.74, 6) is -0.740. The third-order valence-electron chi connectivity index (χ3n) is 6.11. The van der Waals surface area contributed by atoms with Crippen molar-refractivity contribution < 1.29 is 13.2 Å². The summed E-state index contributed by atoms with van der Waals surface area (Å²) in [7, 11) is -3.70. The molecule has 0 unspecified atom stereocenters. The highest BCUT2D eigenvalue weighted by Gasteiger charge is 2.37. The van der Waals surface area contributed by atoms with Gasteiger partial charge in [0.1, 0.15) is 5.69 Å². The molecule has 0 spiro atoms. The standard InChI is InChI=1S/C26H22ClN3O3S/c1-15-13-22-25(16(2)24(15)17-9-11-28-12-10-17)20(19-5-3-4-6-21(19)27)14-23(29-22)26(31)30-34(32,33)18-7-8-18/h3-6,9-14,18H,7-8H2,1-2H3,(H,30,31). The monoisotopic (exact) mass is 491 g/mol. The lowest BCUT2D eigenvalue weighted by Gasteiger charge is -2.18. The summed E-state index contributed by atoms with van der Waals surface area (Å²) in [5.41, 5.74) is 6.13. The number of hydrogen-bond acceptors (Lipinski definition) is 5. The summed E-state index contributed by atoms with van der Waals surface area (Å²) in [6.07, 6.45) is 4.63. The number of carbonyl (C=O) groups is 1. The van der Waals surface area contributed by atoms with Gasteiger partial charge in [-0.25, -0.2) is 18.1 Å². The maximum atomic E-state index is 13.0. The number of aromatic nitrogens is 2. The number of amides is 1. The van der Waals surface area contributed by atoms with Crippen LogP contribution in [0.25, 0.3) is 33.2 Å². The van der Waals surface area contributed by atoms with E-state index >= 15 is 0 Å². The third-order valence-corrected chi connectivity index (χ3v) is 8.26. The molecule has 8 heteroatoms. The first-order valence-corrected chi connectivity index (χ1v) is 12.8. The van der Waals surface area contributed by atoms with Gasteiger partial charge in [-0.3, -0.25) is 9.78 Å². The first-order chi connectivity index (χ1) is 16.3. The highest BCUT2D eigenvalue weighted by atomic mass is 35.5. The Morgan fingerprint density at radius 3 is 2.41 bits per heavy atom. The van der Waals surface area contributed by atoms with Crippen molar-refractivity contribution >= 4 is 38.4 Å². The van der Waals surface area contributed by atoms with Gasteiger partial charge in [0.2, 0.25) is 10.0 Å². The lowest BCUT2D eigenvalue weighted by atomic mass is 9.89. The number of nitrogens with one attached hydrogen (secondary N) is 1. The normalized spacial score (nSPS) is 13.7. The second kappa shape index (κ2) is 8.49. The largest absolute Gasteiger partial charge is 0.283 e. The molecule has 0 bridgehead atoms. The van der Waals surface area contributed by atoms with E-state index in [2.05, 4.69) is 14.7 Å². The number of halogens is 1. The molecule has 1 aliphatic carbocycles. The minimum Gasteiger partial charge on any atom is -0.266 e. The predicted molar refractivity (Wildman–Crippen MR) is 134 cm³/mol. The highest BCUT2D eigenvalue weighted by Crippen LogP contribution is 2.40. The molecule has 0 atom stereocenters. The summed E-state index contributed by atoms with van der Waals surface area (Å²) < 4.78 is 26.9. The Bertz CT molecular complexity index is 1550. The quantitative estimate of drug-likeness (QED) is 0.400. The van der Waals surface area contributed by atoms with E-state index in [-0.39, 0.29) is 5.69 Å². The van der Waals surface area contributed by atoms with E-state index < -0.39 is 21.2 Å². The van der Waals surface area contributed by atoms with Crippen molar-refractivity contribution in [3.8, 4) is 22.3 Å². The van der Waals surface area contributed by atoms with Crippen LogP contribution in [-0.4, -0.2) is 29.5 Å². The Morgan fingerprint density at radius 1 is 1.03 bits per heavy atom. The fraction of sp³-hybridized carbons (Fsp3) is 0.192. The molecule has 34 heavy (non-hydrogen) atoms. The number of rotatable bonds is 5. The molecule has 5 rings (SSSR count). The van der Waals surface area contributed by atoms with Gasteiger partial charge in [-0.15, -0.1) is 0 Å². The second-order valence-electron chi connectivity index (χ2n) is 8.53. The molecule has 1 fully saturated rings. The Balaban J connectivity index is 1.76. The molecule has 1 amide bonds. The molecule has 172 valence electrons. The van der Waals surface area contributed by atoms with Gasteiger partial charge in [0, 0.05) is 28.4 Å². The average molecular weight is 492 g/mol. The minimum absolute atomic E-state index is 0.0297. The van der Waals surface area contributed by atoms with Gasteiger partial charge in [0.15, 0.2) is 0 Å². The van der Waals surface area contributed by atoms with E-state index in [9.17, 15) is 13.2 Å². The van der Waals surface area contributed by atoms with Gasteiger partial charge in [-0.1, -0.05) is 29.8 Å². The zero-order valence-corrected chi connectivity index (χ0v) is 20.2. The van der Waals surface area contributed by atoms with E-state index in [1.807, 2.05) is 50.2 Å². The van der Waals surface area contributed by atoms with Crippen LogP contribution in [0.5, 0.6) is 0 Å². The third kappa shape index (κ3) is 4.06. The predicted octanol–water partition coefficient (Wildman–Crippen LogP) is 5.46. The molecule has 1 aliphatic rings.